The zero-order chi connectivity index (χ0) is 14.3. The van der Waals surface area contributed by atoms with Gasteiger partial charge >= 0.3 is 0 Å². The van der Waals surface area contributed by atoms with Crippen molar-refractivity contribution in [3.05, 3.63) is 53.2 Å². The van der Waals surface area contributed by atoms with E-state index in [2.05, 4.69) is 23.6 Å². The first-order valence-corrected chi connectivity index (χ1v) is 7.15. The number of aromatic nitrogens is 2. The van der Waals surface area contributed by atoms with Crippen LogP contribution in [-0.4, -0.2) is 9.55 Å². The minimum atomic E-state index is -0.141. The van der Waals surface area contributed by atoms with Crippen molar-refractivity contribution in [1.29, 1.82) is 0 Å². The smallest absolute Gasteiger partial charge is 0.128 e. The number of aryl methyl sites for hydroxylation is 2. The Morgan fingerprint density at radius 2 is 2.05 bits per heavy atom. The summed E-state index contributed by atoms with van der Waals surface area (Å²) in [6, 6.07) is 10.2. The maximum Gasteiger partial charge on any atom is 0.128 e. The lowest BCUT2D eigenvalue weighted by Gasteiger charge is -2.08. The van der Waals surface area contributed by atoms with Crippen LogP contribution in [0.2, 0.25) is 0 Å². The molecule has 0 saturated heterocycles. The van der Waals surface area contributed by atoms with E-state index in [-0.39, 0.29) is 5.38 Å². The summed E-state index contributed by atoms with van der Waals surface area (Å²) in [6.07, 6.45) is 0. The molecule has 104 valence electrons. The third kappa shape index (κ3) is 2.22. The molecule has 0 N–H and O–H groups in total. The largest absolute Gasteiger partial charge is 0.464 e. The van der Waals surface area contributed by atoms with Gasteiger partial charge in [0.2, 0.25) is 0 Å². The van der Waals surface area contributed by atoms with E-state index in [4.69, 9.17) is 21.0 Å². The molecule has 3 aromatic rings. The number of halogens is 1. The van der Waals surface area contributed by atoms with Crippen molar-refractivity contribution < 1.29 is 4.42 Å². The second kappa shape index (κ2) is 4.98. The topological polar surface area (TPSA) is 31.0 Å². The standard InChI is InChI=1S/C16H17ClN2O/c1-10-5-4-6-14-15(10)18-16(12(3)17)19(14)9-13-8-7-11(2)20-13/h4-8,12H,9H2,1-3H3. The molecule has 0 spiro atoms. The Morgan fingerprint density at radius 1 is 1.25 bits per heavy atom. The van der Waals surface area contributed by atoms with Crippen molar-refractivity contribution in [2.24, 2.45) is 0 Å². The van der Waals surface area contributed by atoms with Crippen molar-refractivity contribution in [2.45, 2.75) is 32.7 Å². The summed E-state index contributed by atoms with van der Waals surface area (Å²) in [5.41, 5.74) is 3.27. The normalized spacial score (nSPS) is 13.0. The predicted molar refractivity (Wildman–Crippen MR) is 81.3 cm³/mol. The molecule has 0 amide bonds. The first-order valence-electron chi connectivity index (χ1n) is 6.71. The Balaban J connectivity index is 2.16. The molecule has 3 nitrogen and oxygen atoms in total. The van der Waals surface area contributed by atoms with Gasteiger partial charge in [-0.1, -0.05) is 12.1 Å². The average Bonchev–Trinajstić information content (AvgIpc) is 2.96. The van der Waals surface area contributed by atoms with Crippen LogP contribution in [0.25, 0.3) is 11.0 Å². The van der Waals surface area contributed by atoms with Gasteiger partial charge in [-0.25, -0.2) is 4.98 Å². The molecule has 4 heteroatoms. The summed E-state index contributed by atoms with van der Waals surface area (Å²) in [5, 5.41) is -0.141. The number of nitrogens with zero attached hydrogens (tertiary/aromatic N) is 2. The molecule has 0 aliphatic heterocycles. The molecule has 0 fully saturated rings. The first kappa shape index (κ1) is 13.3. The number of rotatable bonds is 3. The van der Waals surface area contributed by atoms with Gasteiger partial charge < -0.3 is 8.98 Å². The van der Waals surface area contributed by atoms with Crippen molar-refractivity contribution in [1.82, 2.24) is 9.55 Å². The maximum absolute atomic E-state index is 6.29. The molecule has 1 aromatic carbocycles. The van der Waals surface area contributed by atoms with Gasteiger partial charge in [0.05, 0.1) is 23.0 Å². The number of fused-ring (bicyclic) bond motifs is 1. The number of para-hydroxylation sites is 1. The maximum atomic E-state index is 6.29. The molecule has 0 bridgehead atoms. The minimum Gasteiger partial charge on any atom is -0.464 e. The van der Waals surface area contributed by atoms with Crippen LogP contribution in [0.15, 0.2) is 34.7 Å². The predicted octanol–water partition coefficient (Wildman–Crippen LogP) is 4.59. The Morgan fingerprint density at radius 3 is 2.70 bits per heavy atom. The summed E-state index contributed by atoms with van der Waals surface area (Å²) >= 11 is 6.29. The lowest BCUT2D eigenvalue weighted by Crippen LogP contribution is -2.05. The van der Waals surface area contributed by atoms with Crippen LogP contribution < -0.4 is 0 Å². The highest BCUT2D eigenvalue weighted by molar-refractivity contribution is 6.20. The number of alkyl halides is 1. The molecule has 0 aliphatic carbocycles. The van der Waals surface area contributed by atoms with E-state index in [0.717, 1.165) is 33.9 Å². The summed E-state index contributed by atoms with van der Waals surface area (Å²) in [5.74, 6) is 2.72. The van der Waals surface area contributed by atoms with E-state index in [1.54, 1.807) is 0 Å². The van der Waals surface area contributed by atoms with Gasteiger partial charge in [-0.15, -0.1) is 11.6 Å². The van der Waals surface area contributed by atoms with Gasteiger partial charge in [-0.05, 0) is 44.5 Å². The van der Waals surface area contributed by atoms with Crippen molar-refractivity contribution in [2.75, 3.05) is 0 Å². The number of hydrogen-bond acceptors (Lipinski definition) is 2. The Hall–Kier alpha value is -1.74. The van der Waals surface area contributed by atoms with Gasteiger partial charge in [0.15, 0.2) is 0 Å². The Bertz CT molecular complexity index is 755. The van der Waals surface area contributed by atoms with Gasteiger partial charge in [-0.3, -0.25) is 0 Å². The fourth-order valence-electron chi connectivity index (χ4n) is 2.50. The lowest BCUT2D eigenvalue weighted by atomic mass is 10.2. The summed E-state index contributed by atoms with van der Waals surface area (Å²) in [6.45, 7) is 6.62. The second-order valence-corrected chi connectivity index (χ2v) is 5.78. The number of imidazole rings is 1. The van der Waals surface area contributed by atoms with Gasteiger partial charge in [0.25, 0.3) is 0 Å². The van der Waals surface area contributed by atoms with Crippen molar-refractivity contribution in [3.8, 4) is 0 Å². The minimum absolute atomic E-state index is 0.141. The van der Waals surface area contributed by atoms with Crippen LogP contribution in [0.3, 0.4) is 0 Å². The molecule has 0 saturated carbocycles. The molecule has 2 heterocycles. The van der Waals surface area contributed by atoms with Gasteiger partial charge in [0, 0.05) is 0 Å². The first-order chi connectivity index (χ1) is 9.56. The third-order valence-corrected chi connectivity index (χ3v) is 3.67. The van der Waals surface area contributed by atoms with Crippen LogP contribution >= 0.6 is 11.6 Å². The van der Waals surface area contributed by atoms with Crippen LogP contribution in [0.1, 0.15) is 35.2 Å². The van der Waals surface area contributed by atoms with E-state index in [1.165, 1.54) is 0 Å². The van der Waals surface area contributed by atoms with E-state index >= 15 is 0 Å². The van der Waals surface area contributed by atoms with Crippen LogP contribution in [0, 0.1) is 13.8 Å². The SMILES string of the molecule is Cc1ccc(Cn2c(C(C)Cl)nc3c(C)cccc32)o1. The van der Waals surface area contributed by atoms with E-state index in [1.807, 2.05) is 32.0 Å². The molecular formula is C16H17ClN2O. The zero-order valence-corrected chi connectivity index (χ0v) is 12.6. The average molecular weight is 289 g/mol. The van der Waals surface area contributed by atoms with Crippen LogP contribution in [0.5, 0.6) is 0 Å². The molecule has 20 heavy (non-hydrogen) atoms. The van der Waals surface area contributed by atoms with E-state index < -0.39 is 0 Å². The number of benzene rings is 1. The van der Waals surface area contributed by atoms with Crippen molar-refractivity contribution in [3.63, 3.8) is 0 Å². The lowest BCUT2D eigenvalue weighted by molar-refractivity contribution is 0.469. The summed E-state index contributed by atoms with van der Waals surface area (Å²) in [7, 11) is 0. The molecule has 3 rings (SSSR count). The van der Waals surface area contributed by atoms with Crippen molar-refractivity contribution >= 4 is 22.6 Å². The zero-order valence-electron chi connectivity index (χ0n) is 11.9. The van der Waals surface area contributed by atoms with Gasteiger partial charge in [-0.2, -0.15) is 0 Å². The molecule has 1 atom stereocenters. The molecule has 0 radical (unpaired) electrons. The fourth-order valence-corrected chi connectivity index (χ4v) is 2.67. The summed E-state index contributed by atoms with van der Waals surface area (Å²) in [4.78, 5) is 4.70. The van der Waals surface area contributed by atoms with Crippen LogP contribution in [-0.2, 0) is 6.54 Å². The Labute approximate surface area is 123 Å². The van der Waals surface area contributed by atoms with Gasteiger partial charge in [0.1, 0.15) is 17.3 Å². The monoisotopic (exact) mass is 288 g/mol. The Kier molecular flexibility index (Phi) is 3.30. The third-order valence-electron chi connectivity index (χ3n) is 3.48. The van der Waals surface area contributed by atoms with E-state index in [0.29, 0.717) is 6.54 Å². The number of hydrogen-bond donors (Lipinski definition) is 0. The van der Waals surface area contributed by atoms with E-state index in [9.17, 15) is 0 Å². The molecular weight excluding hydrogens is 272 g/mol. The molecule has 0 aliphatic rings. The highest BCUT2D eigenvalue weighted by Crippen LogP contribution is 2.27. The quantitative estimate of drug-likeness (QED) is 0.660. The van der Waals surface area contributed by atoms with Crippen LogP contribution in [0.4, 0.5) is 0 Å². The molecule has 1 unspecified atom stereocenters. The summed E-state index contributed by atoms with van der Waals surface area (Å²) < 4.78 is 7.82. The second-order valence-electron chi connectivity index (χ2n) is 5.13. The highest BCUT2D eigenvalue weighted by atomic mass is 35.5. The highest BCUT2D eigenvalue weighted by Gasteiger charge is 2.17. The fraction of sp³-hybridized carbons (Fsp3) is 0.312. The molecule has 2 aromatic heterocycles. The number of furan rings is 1.